The third-order valence-corrected chi connectivity index (χ3v) is 3.61. The highest BCUT2D eigenvalue weighted by atomic mass is 79.9. The lowest BCUT2D eigenvalue weighted by Gasteiger charge is -2.21. The summed E-state index contributed by atoms with van der Waals surface area (Å²) < 4.78 is 5.61. The van der Waals surface area contributed by atoms with Crippen LogP contribution in [-0.4, -0.2) is 24.4 Å². The van der Waals surface area contributed by atoms with Gasteiger partial charge in [0.25, 0.3) is 0 Å². The number of halogens is 1. The van der Waals surface area contributed by atoms with E-state index in [1.807, 2.05) is 29.2 Å². The number of benzene rings is 1. The summed E-state index contributed by atoms with van der Waals surface area (Å²) in [6.45, 7) is 1.26. The topological polar surface area (TPSA) is 29.5 Å². The Kier molecular flexibility index (Phi) is 5.05. The number of para-hydroxylation sites is 2. The van der Waals surface area contributed by atoms with Gasteiger partial charge in [0, 0.05) is 11.9 Å². The molecule has 0 spiro atoms. The van der Waals surface area contributed by atoms with Gasteiger partial charge in [-0.2, -0.15) is 0 Å². The summed E-state index contributed by atoms with van der Waals surface area (Å²) >= 11 is 3.43. The van der Waals surface area contributed by atoms with Crippen LogP contribution in [0.15, 0.2) is 24.3 Å². The minimum Gasteiger partial charge on any atom is -0.491 e. The lowest BCUT2D eigenvalue weighted by Crippen LogP contribution is -2.31. The molecule has 1 amide bonds. The van der Waals surface area contributed by atoms with Gasteiger partial charge >= 0.3 is 0 Å². The van der Waals surface area contributed by atoms with E-state index in [2.05, 4.69) is 15.9 Å². The van der Waals surface area contributed by atoms with Crippen molar-refractivity contribution in [2.24, 2.45) is 0 Å². The molecule has 4 heteroatoms. The molecule has 0 aromatic heterocycles. The monoisotopic (exact) mass is 311 g/mol. The van der Waals surface area contributed by atoms with E-state index in [1.165, 1.54) is 0 Å². The SMILES string of the molecule is O=C1CCOc2ccccc2N1CCCCCBr. The van der Waals surface area contributed by atoms with E-state index in [9.17, 15) is 4.79 Å². The van der Waals surface area contributed by atoms with Crippen LogP contribution in [0.1, 0.15) is 25.7 Å². The Labute approximate surface area is 116 Å². The van der Waals surface area contributed by atoms with E-state index in [1.54, 1.807) is 0 Å². The maximum atomic E-state index is 12.1. The highest BCUT2D eigenvalue weighted by molar-refractivity contribution is 9.09. The van der Waals surface area contributed by atoms with E-state index in [4.69, 9.17) is 4.74 Å². The fraction of sp³-hybridized carbons (Fsp3) is 0.500. The Morgan fingerprint density at radius 2 is 2.06 bits per heavy atom. The van der Waals surface area contributed by atoms with Crippen LogP contribution >= 0.6 is 15.9 Å². The quantitative estimate of drug-likeness (QED) is 0.616. The van der Waals surface area contributed by atoms with Crippen molar-refractivity contribution in [3.05, 3.63) is 24.3 Å². The van der Waals surface area contributed by atoms with Crippen molar-refractivity contribution in [2.75, 3.05) is 23.4 Å². The molecule has 0 fully saturated rings. The number of alkyl halides is 1. The van der Waals surface area contributed by atoms with E-state index < -0.39 is 0 Å². The smallest absolute Gasteiger partial charge is 0.230 e. The molecular formula is C14H18BrNO2. The molecule has 0 bridgehead atoms. The first kappa shape index (κ1) is 13.4. The van der Waals surface area contributed by atoms with Gasteiger partial charge < -0.3 is 9.64 Å². The highest BCUT2D eigenvalue weighted by Crippen LogP contribution is 2.31. The van der Waals surface area contributed by atoms with Gasteiger partial charge in [-0.05, 0) is 25.0 Å². The molecule has 1 aliphatic heterocycles. The van der Waals surface area contributed by atoms with Crippen LogP contribution in [0.5, 0.6) is 5.75 Å². The molecule has 0 N–H and O–H groups in total. The number of fused-ring (bicyclic) bond motifs is 1. The molecule has 1 heterocycles. The maximum absolute atomic E-state index is 12.1. The summed E-state index contributed by atoms with van der Waals surface area (Å²) in [6.07, 6.45) is 3.79. The molecule has 1 aromatic rings. The first-order valence-electron chi connectivity index (χ1n) is 6.41. The van der Waals surface area contributed by atoms with Crippen molar-refractivity contribution < 1.29 is 9.53 Å². The zero-order chi connectivity index (χ0) is 12.8. The average molecular weight is 312 g/mol. The number of hydrogen-bond donors (Lipinski definition) is 0. The number of anilines is 1. The van der Waals surface area contributed by atoms with E-state index >= 15 is 0 Å². The molecule has 0 radical (unpaired) electrons. The summed E-state index contributed by atoms with van der Waals surface area (Å²) in [4.78, 5) is 13.9. The fourth-order valence-electron chi connectivity index (χ4n) is 2.11. The first-order chi connectivity index (χ1) is 8.83. The van der Waals surface area contributed by atoms with Gasteiger partial charge in [-0.15, -0.1) is 0 Å². The minimum absolute atomic E-state index is 0.166. The maximum Gasteiger partial charge on any atom is 0.230 e. The van der Waals surface area contributed by atoms with Gasteiger partial charge in [-0.25, -0.2) is 0 Å². The van der Waals surface area contributed by atoms with Gasteiger partial charge in [-0.3, -0.25) is 4.79 Å². The van der Waals surface area contributed by atoms with Crippen LogP contribution in [0.4, 0.5) is 5.69 Å². The minimum atomic E-state index is 0.166. The molecule has 0 saturated heterocycles. The van der Waals surface area contributed by atoms with Crippen LogP contribution in [0.25, 0.3) is 0 Å². The van der Waals surface area contributed by atoms with Gasteiger partial charge in [0.2, 0.25) is 5.91 Å². The summed E-state index contributed by atoms with van der Waals surface area (Å²) in [5.41, 5.74) is 0.916. The Hall–Kier alpha value is -1.03. The molecular weight excluding hydrogens is 294 g/mol. The summed E-state index contributed by atoms with van der Waals surface area (Å²) in [5.74, 6) is 0.989. The molecule has 0 saturated carbocycles. The molecule has 0 aliphatic carbocycles. The van der Waals surface area contributed by atoms with Crippen molar-refractivity contribution >= 4 is 27.5 Å². The van der Waals surface area contributed by atoms with Crippen LogP contribution in [-0.2, 0) is 4.79 Å². The van der Waals surface area contributed by atoms with Crippen molar-refractivity contribution in [1.29, 1.82) is 0 Å². The third kappa shape index (κ3) is 3.25. The molecule has 2 rings (SSSR count). The second kappa shape index (κ2) is 6.78. The van der Waals surface area contributed by atoms with E-state index in [-0.39, 0.29) is 5.91 Å². The Morgan fingerprint density at radius 3 is 2.89 bits per heavy atom. The molecule has 0 atom stereocenters. The Morgan fingerprint density at radius 1 is 1.22 bits per heavy atom. The summed E-state index contributed by atoms with van der Waals surface area (Å²) in [7, 11) is 0. The molecule has 1 aromatic carbocycles. The van der Waals surface area contributed by atoms with Crippen molar-refractivity contribution in [3.8, 4) is 5.75 Å². The van der Waals surface area contributed by atoms with Gasteiger partial charge in [0.15, 0.2) is 0 Å². The Bertz CT molecular complexity index is 409. The fourth-order valence-corrected chi connectivity index (χ4v) is 2.50. The zero-order valence-electron chi connectivity index (χ0n) is 10.4. The predicted octanol–water partition coefficient (Wildman–Crippen LogP) is 3.37. The zero-order valence-corrected chi connectivity index (χ0v) is 12.0. The standard InChI is InChI=1S/C14H18BrNO2/c15-9-4-1-5-10-16-12-6-2-3-7-13(12)18-11-8-14(16)17/h2-3,6-7H,1,4-5,8-11H2. The van der Waals surface area contributed by atoms with Crippen LogP contribution in [0, 0.1) is 0 Å². The van der Waals surface area contributed by atoms with E-state index in [0.29, 0.717) is 13.0 Å². The Balaban J connectivity index is 2.08. The molecule has 3 nitrogen and oxygen atoms in total. The lowest BCUT2D eigenvalue weighted by atomic mass is 10.2. The van der Waals surface area contributed by atoms with Crippen molar-refractivity contribution in [1.82, 2.24) is 0 Å². The molecule has 18 heavy (non-hydrogen) atoms. The van der Waals surface area contributed by atoms with Crippen LogP contribution in [0.2, 0.25) is 0 Å². The largest absolute Gasteiger partial charge is 0.491 e. The number of carbonyl (C=O) groups excluding carboxylic acids is 1. The van der Waals surface area contributed by atoms with Crippen molar-refractivity contribution in [3.63, 3.8) is 0 Å². The number of ether oxygens (including phenoxy) is 1. The molecule has 98 valence electrons. The predicted molar refractivity (Wildman–Crippen MR) is 76.6 cm³/mol. The number of amides is 1. The number of rotatable bonds is 5. The van der Waals surface area contributed by atoms with Gasteiger partial charge in [0.05, 0.1) is 18.7 Å². The van der Waals surface area contributed by atoms with Gasteiger partial charge in [0.1, 0.15) is 5.75 Å². The summed E-state index contributed by atoms with van der Waals surface area (Å²) in [5, 5.41) is 1.03. The van der Waals surface area contributed by atoms with Crippen LogP contribution in [0.3, 0.4) is 0 Å². The second-order valence-corrected chi connectivity index (χ2v) is 5.15. The first-order valence-corrected chi connectivity index (χ1v) is 7.53. The normalized spacial score (nSPS) is 14.9. The number of nitrogens with zero attached hydrogens (tertiary/aromatic N) is 1. The third-order valence-electron chi connectivity index (χ3n) is 3.05. The van der Waals surface area contributed by atoms with Crippen LogP contribution < -0.4 is 9.64 Å². The molecule has 1 aliphatic rings. The highest BCUT2D eigenvalue weighted by Gasteiger charge is 2.22. The van der Waals surface area contributed by atoms with Gasteiger partial charge in [-0.1, -0.05) is 34.5 Å². The average Bonchev–Trinajstić information content (AvgIpc) is 2.54. The number of hydrogen-bond acceptors (Lipinski definition) is 2. The number of carbonyl (C=O) groups is 1. The van der Waals surface area contributed by atoms with Crippen molar-refractivity contribution in [2.45, 2.75) is 25.7 Å². The second-order valence-electron chi connectivity index (χ2n) is 4.36. The molecule has 0 unspecified atom stereocenters. The van der Waals surface area contributed by atoms with E-state index in [0.717, 1.165) is 42.6 Å². The number of unbranched alkanes of at least 4 members (excludes halogenated alkanes) is 2. The lowest BCUT2D eigenvalue weighted by molar-refractivity contribution is -0.118. The summed E-state index contributed by atoms with van der Waals surface area (Å²) in [6, 6.07) is 7.78.